The van der Waals surface area contributed by atoms with Crippen molar-refractivity contribution in [2.45, 2.75) is 76.2 Å². The molecule has 10 heteroatoms. The standard InChI is InChI=1S/C38H45N3O7/c1-25-14-13-15-26(2)33(25)40-21-11-6-9-18-30(43)47-24-28(27-16-7-5-8-17-27)39-35(44)31-29-19-20-38(48-29)32(31)36(45)41(34(38)37(40)46)22-10-3-4-12-23-42/h5-8,11,13-17,19-20,28-29,31-32,34,42H,3-4,9-10,12,18,21-24H2,1-2H3,(H,39,44)/b11-6-/t28-,29-,31+,32+,34-,38+/m0/s1. The van der Waals surface area contributed by atoms with Gasteiger partial charge in [0.15, 0.2) is 0 Å². The van der Waals surface area contributed by atoms with Crippen LogP contribution in [-0.2, 0) is 28.7 Å². The van der Waals surface area contributed by atoms with Crippen LogP contribution in [0.5, 0.6) is 0 Å². The van der Waals surface area contributed by atoms with Crippen molar-refractivity contribution in [2.75, 3.05) is 31.2 Å². The number of aliphatic hydroxyl groups excluding tert-OH is 1. The lowest BCUT2D eigenvalue weighted by Gasteiger charge is -2.37. The quantitative estimate of drug-likeness (QED) is 0.249. The molecule has 1 spiro atoms. The highest BCUT2D eigenvalue weighted by atomic mass is 16.5. The first-order chi connectivity index (χ1) is 23.3. The van der Waals surface area contributed by atoms with E-state index in [4.69, 9.17) is 9.47 Å². The number of rotatable bonds is 8. The number of nitrogens with one attached hydrogen (secondary N) is 1. The van der Waals surface area contributed by atoms with Crippen molar-refractivity contribution in [1.82, 2.24) is 10.2 Å². The number of para-hydroxylation sites is 1. The number of likely N-dealkylation sites (tertiary alicyclic amines) is 1. The van der Waals surface area contributed by atoms with Crippen LogP contribution in [0.15, 0.2) is 72.8 Å². The average Bonchev–Trinajstić information content (AvgIpc) is 3.72. The topological polar surface area (TPSA) is 125 Å². The molecule has 48 heavy (non-hydrogen) atoms. The van der Waals surface area contributed by atoms with Gasteiger partial charge < -0.3 is 29.7 Å². The minimum atomic E-state index is -1.31. The summed E-state index contributed by atoms with van der Waals surface area (Å²) in [6.45, 7) is 4.51. The highest BCUT2D eigenvalue weighted by molar-refractivity contribution is 6.06. The third kappa shape index (κ3) is 6.31. The Morgan fingerprint density at radius 3 is 2.42 bits per heavy atom. The second-order valence-corrected chi connectivity index (χ2v) is 13.2. The van der Waals surface area contributed by atoms with E-state index in [-0.39, 0.29) is 43.9 Å². The number of nitrogens with zero attached hydrogens (tertiary/aromatic N) is 2. The van der Waals surface area contributed by atoms with E-state index in [1.807, 2.05) is 86.7 Å². The summed E-state index contributed by atoms with van der Waals surface area (Å²) in [5.41, 5.74) is 2.04. The molecule has 2 fully saturated rings. The number of carbonyl (C=O) groups is 4. The van der Waals surface area contributed by atoms with E-state index in [0.29, 0.717) is 25.8 Å². The van der Waals surface area contributed by atoms with Gasteiger partial charge in [0.2, 0.25) is 11.8 Å². The maximum atomic E-state index is 15.1. The van der Waals surface area contributed by atoms with E-state index >= 15 is 4.79 Å². The van der Waals surface area contributed by atoms with E-state index in [1.165, 1.54) is 0 Å². The summed E-state index contributed by atoms with van der Waals surface area (Å²) in [5.74, 6) is -3.10. The van der Waals surface area contributed by atoms with Crippen LogP contribution in [-0.4, -0.2) is 77.7 Å². The van der Waals surface area contributed by atoms with Gasteiger partial charge >= 0.3 is 5.97 Å². The smallest absolute Gasteiger partial charge is 0.306 e. The molecule has 5 bridgehead atoms. The number of fused-ring (bicyclic) bond motifs is 2. The van der Waals surface area contributed by atoms with Gasteiger partial charge in [0.05, 0.1) is 24.0 Å². The molecule has 4 aliphatic rings. The molecule has 4 aliphatic heterocycles. The Kier molecular flexibility index (Phi) is 10.1. The number of aliphatic hydroxyl groups is 1. The first-order valence-electron chi connectivity index (χ1n) is 17.1. The predicted octanol–water partition coefficient (Wildman–Crippen LogP) is 4.09. The molecule has 0 saturated carbocycles. The molecular weight excluding hydrogens is 610 g/mol. The number of hydrogen-bond donors (Lipinski definition) is 2. The highest BCUT2D eigenvalue weighted by Crippen LogP contribution is 2.55. The molecule has 2 N–H and O–H groups in total. The molecule has 6 rings (SSSR count). The molecule has 254 valence electrons. The Hall–Kier alpha value is -4.28. The monoisotopic (exact) mass is 655 g/mol. The number of esters is 1. The molecule has 3 amide bonds. The summed E-state index contributed by atoms with van der Waals surface area (Å²) < 4.78 is 12.3. The fraction of sp³-hybridized carbons (Fsp3) is 0.474. The van der Waals surface area contributed by atoms with E-state index in [1.54, 1.807) is 9.80 Å². The van der Waals surface area contributed by atoms with Crippen molar-refractivity contribution in [1.29, 1.82) is 0 Å². The van der Waals surface area contributed by atoms with Gasteiger partial charge in [-0.05, 0) is 49.8 Å². The van der Waals surface area contributed by atoms with Gasteiger partial charge in [-0.2, -0.15) is 0 Å². The summed E-state index contributed by atoms with van der Waals surface area (Å²) in [5, 5.41) is 12.3. The summed E-state index contributed by atoms with van der Waals surface area (Å²) >= 11 is 0. The van der Waals surface area contributed by atoms with Crippen LogP contribution >= 0.6 is 0 Å². The number of carbonyl (C=O) groups excluding carboxylic acids is 4. The number of anilines is 1. The average molecular weight is 656 g/mol. The van der Waals surface area contributed by atoms with Crippen LogP contribution in [0.1, 0.15) is 61.3 Å². The maximum Gasteiger partial charge on any atom is 0.306 e. The van der Waals surface area contributed by atoms with Crippen LogP contribution in [0.4, 0.5) is 5.69 Å². The van der Waals surface area contributed by atoms with E-state index in [9.17, 15) is 19.5 Å². The number of amides is 3. The number of cyclic esters (lactones) is 1. The third-order valence-electron chi connectivity index (χ3n) is 10.1. The Bertz CT molecular complexity index is 1570. The molecule has 2 aromatic rings. The normalized spacial score (nSPS) is 29.6. The molecule has 4 heterocycles. The zero-order valence-electron chi connectivity index (χ0n) is 27.7. The second-order valence-electron chi connectivity index (χ2n) is 13.2. The first kappa shape index (κ1) is 33.6. The third-order valence-corrected chi connectivity index (χ3v) is 10.1. The summed E-state index contributed by atoms with van der Waals surface area (Å²) in [6.07, 6.45) is 10.2. The molecule has 0 unspecified atom stereocenters. The highest BCUT2D eigenvalue weighted by Gasteiger charge is 2.73. The fourth-order valence-electron chi connectivity index (χ4n) is 7.83. The van der Waals surface area contributed by atoms with Crippen LogP contribution in [0.2, 0.25) is 0 Å². The van der Waals surface area contributed by atoms with Gasteiger partial charge in [0, 0.05) is 31.8 Å². The van der Waals surface area contributed by atoms with Crippen molar-refractivity contribution in [2.24, 2.45) is 11.8 Å². The van der Waals surface area contributed by atoms with E-state index in [0.717, 1.165) is 35.2 Å². The lowest BCUT2D eigenvalue weighted by molar-refractivity contribution is -0.145. The second kappa shape index (κ2) is 14.5. The fourth-order valence-corrected chi connectivity index (χ4v) is 7.83. The number of aryl methyl sites for hydroxylation is 2. The van der Waals surface area contributed by atoms with Gasteiger partial charge in [-0.1, -0.05) is 85.7 Å². The minimum absolute atomic E-state index is 0.0580. The molecule has 0 radical (unpaired) electrons. The molecule has 0 aliphatic carbocycles. The van der Waals surface area contributed by atoms with Gasteiger partial charge in [0.1, 0.15) is 18.2 Å². The Morgan fingerprint density at radius 1 is 0.917 bits per heavy atom. The van der Waals surface area contributed by atoms with Crippen molar-refractivity contribution in [3.05, 3.63) is 89.5 Å². The number of allylic oxidation sites excluding steroid dienone is 1. The number of ether oxygens (including phenoxy) is 2. The Morgan fingerprint density at radius 2 is 1.67 bits per heavy atom. The number of hydrogen-bond acceptors (Lipinski definition) is 7. The summed E-state index contributed by atoms with van der Waals surface area (Å²) in [7, 11) is 0. The predicted molar refractivity (Wildman–Crippen MR) is 180 cm³/mol. The summed E-state index contributed by atoms with van der Waals surface area (Å²) in [4.78, 5) is 60.0. The Labute approximate surface area is 281 Å². The van der Waals surface area contributed by atoms with Crippen LogP contribution < -0.4 is 10.2 Å². The largest absolute Gasteiger partial charge is 0.463 e. The van der Waals surface area contributed by atoms with Crippen LogP contribution in [0.3, 0.4) is 0 Å². The summed E-state index contributed by atoms with van der Waals surface area (Å²) in [6, 6.07) is 13.5. The first-order valence-corrected chi connectivity index (χ1v) is 17.1. The zero-order valence-corrected chi connectivity index (χ0v) is 27.7. The molecular formula is C38H45N3O7. The van der Waals surface area contributed by atoms with Crippen molar-refractivity contribution >= 4 is 29.4 Å². The maximum absolute atomic E-state index is 15.1. The zero-order chi connectivity index (χ0) is 33.8. The lowest BCUT2D eigenvalue weighted by Crippen LogP contribution is -2.56. The number of unbranched alkanes of at least 4 members (excludes halogenated alkanes) is 3. The van der Waals surface area contributed by atoms with Crippen LogP contribution in [0, 0.1) is 25.7 Å². The van der Waals surface area contributed by atoms with E-state index in [2.05, 4.69) is 5.32 Å². The Balaban J connectivity index is 1.42. The van der Waals surface area contributed by atoms with Crippen molar-refractivity contribution in [3.8, 4) is 0 Å². The molecule has 6 atom stereocenters. The van der Waals surface area contributed by atoms with Crippen molar-refractivity contribution in [3.63, 3.8) is 0 Å². The van der Waals surface area contributed by atoms with Gasteiger partial charge in [-0.25, -0.2) is 0 Å². The SMILES string of the molecule is Cc1cccc(C)c1N1C/C=C\CCC(=O)OC[C@@H](c2ccccc2)NC(=O)[C@@H]2[C@@H]3C=C[C@]4(O3)[C@H](C1=O)N(CCCCCCO)C(=O)[C@@H]24. The molecule has 0 aromatic heterocycles. The lowest BCUT2D eigenvalue weighted by atomic mass is 9.74. The molecule has 2 aromatic carbocycles. The molecule has 10 nitrogen and oxygen atoms in total. The van der Waals surface area contributed by atoms with Crippen molar-refractivity contribution < 1.29 is 33.8 Å². The minimum Gasteiger partial charge on any atom is -0.463 e. The molecule has 2 saturated heterocycles. The van der Waals surface area contributed by atoms with Gasteiger partial charge in [-0.15, -0.1) is 0 Å². The van der Waals surface area contributed by atoms with Gasteiger partial charge in [0.25, 0.3) is 5.91 Å². The van der Waals surface area contributed by atoms with Gasteiger partial charge in [-0.3, -0.25) is 19.2 Å². The van der Waals surface area contributed by atoms with E-state index < -0.39 is 41.6 Å². The van der Waals surface area contributed by atoms with Crippen LogP contribution in [0.25, 0.3) is 0 Å². The number of benzene rings is 2.